The predicted molar refractivity (Wildman–Crippen MR) is 119 cm³/mol. The van der Waals surface area contributed by atoms with Gasteiger partial charge in [-0.05, 0) is 54.7 Å². The monoisotopic (exact) mass is 453 g/mol. The van der Waals surface area contributed by atoms with E-state index in [4.69, 9.17) is 10.5 Å². The molecule has 5 N–H and O–H groups in total. The Morgan fingerprint density at radius 3 is 2.27 bits per heavy atom. The Morgan fingerprint density at radius 2 is 1.67 bits per heavy atom. The third kappa shape index (κ3) is 4.49. The highest BCUT2D eigenvalue weighted by Crippen LogP contribution is 2.37. The zero-order chi connectivity index (χ0) is 23.7. The number of carbonyl (C=O) groups is 3. The molecule has 2 aromatic rings. The second-order valence-corrected chi connectivity index (χ2v) is 8.49. The summed E-state index contributed by atoms with van der Waals surface area (Å²) >= 11 is 0. The number of nitrogens with two attached hydrogens (primary N) is 1. The van der Waals surface area contributed by atoms with Gasteiger partial charge in [0.25, 0.3) is 0 Å². The molecule has 0 aliphatic carbocycles. The molecule has 2 heterocycles. The molecule has 0 saturated carbocycles. The highest BCUT2D eigenvalue weighted by molar-refractivity contribution is 5.92. The molecule has 3 atom stereocenters. The fraction of sp³-hybridized carbons (Fsp3) is 0.375. The molecular weight excluding hydrogens is 426 g/mol. The van der Waals surface area contributed by atoms with Crippen LogP contribution in [-0.2, 0) is 32.0 Å². The highest BCUT2D eigenvalue weighted by atomic mass is 16.5. The van der Waals surface area contributed by atoms with Gasteiger partial charge in [-0.1, -0.05) is 12.1 Å². The fourth-order valence-corrected chi connectivity index (χ4v) is 4.55. The average molecular weight is 453 g/mol. The summed E-state index contributed by atoms with van der Waals surface area (Å²) in [7, 11) is 1.24. The number of rotatable bonds is 1. The molecule has 2 aliphatic heterocycles. The minimum Gasteiger partial charge on any atom is -0.507 e. The van der Waals surface area contributed by atoms with Crippen LogP contribution in [0.25, 0.3) is 11.1 Å². The van der Waals surface area contributed by atoms with Gasteiger partial charge in [-0.2, -0.15) is 0 Å². The molecule has 9 heteroatoms. The van der Waals surface area contributed by atoms with E-state index in [1.807, 2.05) is 0 Å². The number of phenolic OH excluding ortho intramolecular Hbond substituents is 2. The zero-order valence-electron chi connectivity index (χ0n) is 18.3. The molecular formula is C24H27N3O6. The zero-order valence-corrected chi connectivity index (χ0v) is 18.3. The molecule has 33 heavy (non-hydrogen) atoms. The molecule has 4 bridgehead atoms. The molecule has 0 aromatic heterocycles. The van der Waals surface area contributed by atoms with Crippen molar-refractivity contribution in [1.82, 2.24) is 10.2 Å². The van der Waals surface area contributed by atoms with Crippen molar-refractivity contribution in [2.45, 2.75) is 43.8 Å². The Balaban J connectivity index is 1.82. The van der Waals surface area contributed by atoms with Crippen LogP contribution in [-0.4, -0.2) is 64.7 Å². The van der Waals surface area contributed by atoms with Crippen LogP contribution in [0.5, 0.6) is 11.5 Å². The number of fused-ring (bicyclic) bond motifs is 6. The molecule has 1 saturated heterocycles. The SMILES string of the molecule is COC(=O)[C@@H]1Cc2ccc(O)c(c2)-c2cc(ccc2O)C[C@H](N)C(=O)N2CCC[C@H]2C(=O)N1. The number of nitrogens with zero attached hydrogens (tertiary/aromatic N) is 1. The first-order valence-electron chi connectivity index (χ1n) is 10.9. The van der Waals surface area contributed by atoms with Crippen molar-refractivity contribution in [3.05, 3.63) is 47.5 Å². The molecule has 0 spiro atoms. The Hall–Kier alpha value is -3.59. The number of carbonyl (C=O) groups excluding carboxylic acids is 3. The second kappa shape index (κ2) is 9.11. The summed E-state index contributed by atoms with van der Waals surface area (Å²) in [5.74, 6) is -1.52. The Labute approximate surface area is 191 Å². The molecule has 1 fully saturated rings. The van der Waals surface area contributed by atoms with Crippen molar-refractivity contribution < 1.29 is 29.3 Å². The van der Waals surface area contributed by atoms with Crippen molar-refractivity contribution in [2.24, 2.45) is 5.73 Å². The van der Waals surface area contributed by atoms with E-state index in [0.717, 1.165) is 0 Å². The number of hydrogen-bond acceptors (Lipinski definition) is 7. The molecule has 2 aromatic carbocycles. The van der Waals surface area contributed by atoms with E-state index < -0.39 is 30.0 Å². The van der Waals surface area contributed by atoms with Crippen LogP contribution >= 0.6 is 0 Å². The van der Waals surface area contributed by atoms with Gasteiger partial charge in [0, 0.05) is 24.1 Å². The number of nitrogens with one attached hydrogen (secondary N) is 1. The van der Waals surface area contributed by atoms with Crippen molar-refractivity contribution in [3.8, 4) is 22.6 Å². The van der Waals surface area contributed by atoms with E-state index in [1.165, 1.54) is 24.1 Å². The van der Waals surface area contributed by atoms with Crippen molar-refractivity contribution in [1.29, 1.82) is 0 Å². The van der Waals surface area contributed by atoms with Gasteiger partial charge in [-0.15, -0.1) is 0 Å². The Bertz CT molecular complexity index is 1100. The van der Waals surface area contributed by atoms with Gasteiger partial charge in [-0.25, -0.2) is 4.79 Å². The van der Waals surface area contributed by atoms with E-state index in [0.29, 0.717) is 41.6 Å². The third-order valence-corrected chi connectivity index (χ3v) is 6.27. The molecule has 0 unspecified atom stereocenters. The maximum Gasteiger partial charge on any atom is 0.328 e. The van der Waals surface area contributed by atoms with E-state index in [2.05, 4.69) is 5.32 Å². The normalized spacial score (nSPS) is 23.2. The smallest absolute Gasteiger partial charge is 0.328 e. The lowest BCUT2D eigenvalue weighted by atomic mass is 9.95. The van der Waals surface area contributed by atoms with Crippen LogP contribution in [0.15, 0.2) is 36.4 Å². The molecule has 4 rings (SSSR count). The van der Waals surface area contributed by atoms with Gasteiger partial charge >= 0.3 is 5.97 Å². The van der Waals surface area contributed by atoms with Gasteiger partial charge in [0.05, 0.1) is 13.2 Å². The van der Waals surface area contributed by atoms with Gasteiger partial charge in [-0.3, -0.25) is 9.59 Å². The van der Waals surface area contributed by atoms with Crippen LogP contribution in [0.3, 0.4) is 0 Å². The van der Waals surface area contributed by atoms with Gasteiger partial charge < -0.3 is 30.9 Å². The fourth-order valence-electron chi connectivity index (χ4n) is 4.55. The van der Waals surface area contributed by atoms with Crippen LogP contribution in [0.1, 0.15) is 24.0 Å². The van der Waals surface area contributed by atoms with Crippen molar-refractivity contribution in [3.63, 3.8) is 0 Å². The topological polar surface area (TPSA) is 142 Å². The van der Waals surface area contributed by atoms with Gasteiger partial charge in [0.2, 0.25) is 11.8 Å². The quantitative estimate of drug-likeness (QED) is 0.469. The van der Waals surface area contributed by atoms with E-state index in [1.54, 1.807) is 24.3 Å². The molecule has 174 valence electrons. The number of phenols is 2. The first-order valence-corrected chi connectivity index (χ1v) is 10.9. The van der Waals surface area contributed by atoms with E-state index >= 15 is 0 Å². The van der Waals surface area contributed by atoms with Crippen LogP contribution in [0.2, 0.25) is 0 Å². The summed E-state index contributed by atoms with van der Waals surface area (Å²) < 4.78 is 4.88. The summed E-state index contributed by atoms with van der Waals surface area (Å²) in [6.45, 7) is 0.406. The minimum absolute atomic E-state index is 0.0483. The minimum atomic E-state index is -0.990. The summed E-state index contributed by atoms with van der Waals surface area (Å²) in [6.07, 6.45) is 1.43. The van der Waals surface area contributed by atoms with E-state index in [-0.39, 0.29) is 30.2 Å². The largest absolute Gasteiger partial charge is 0.507 e. The first-order chi connectivity index (χ1) is 15.8. The van der Waals surface area contributed by atoms with E-state index in [9.17, 15) is 24.6 Å². The number of amides is 2. The Morgan fingerprint density at radius 1 is 1.06 bits per heavy atom. The number of hydrogen-bond donors (Lipinski definition) is 4. The maximum atomic E-state index is 13.1. The van der Waals surface area contributed by atoms with Crippen LogP contribution < -0.4 is 11.1 Å². The summed E-state index contributed by atoms with van der Waals surface area (Å²) in [5.41, 5.74) is 8.31. The van der Waals surface area contributed by atoms with Crippen molar-refractivity contribution >= 4 is 17.8 Å². The number of aromatic hydroxyl groups is 2. The highest BCUT2D eigenvalue weighted by Gasteiger charge is 2.38. The summed E-state index contributed by atoms with van der Waals surface area (Å²) in [5, 5.41) is 23.7. The number of ether oxygens (including phenoxy) is 1. The number of methoxy groups -OCH3 is 1. The Kier molecular flexibility index (Phi) is 6.24. The molecule has 0 radical (unpaired) electrons. The summed E-state index contributed by atoms with van der Waals surface area (Å²) in [6, 6.07) is 7.02. The second-order valence-electron chi connectivity index (χ2n) is 8.49. The van der Waals surface area contributed by atoms with Gasteiger partial charge in [0.1, 0.15) is 23.6 Å². The van der Waals surface area contributed by atoms with Crippen molar-refractivity contribution in [2.75, 3.05) is 13.7 Å². The maximum absolute atomic E-state index is 13.1. The number of benzene rings is 2. The van der Waals surface area contributed by atoms with Gasteiger partial charge in [0.15, 0.2) is 0 Å². The predicted octanol–water partition coefficient (Wildman–Crippen LogP) is 0.839. The standard InChI is InChI=1S/C24H27N3O6/c1-33-24(32)18-12-14-5-7-21(29)16(10-14)15-9-13(4-6-20(15)28)11-17(25)23(31)27-8-2-3-19(27)22(30)26-18/h4-7,9-10,17-19,28-29H,2-3,8,11-12,25H2,1H3,(H,26,30)/t17-,18-,19-/m0/s1. The number of esters is 1. The average Bonchev–Trinajstić information content (AvgIpc) is 3.29. The van der Waals surface area contributed by atoms with Crippen LogP contribution in [0, 0.1) is 0 Å². The molecule has 2 aliphatic rings. The first kappa shape index (κ1) is 22.6. The lowest BCUT2D eigenvalue weighted by molar-refractivity contribution is -0.146. The third-order valence-electron chi connectivity index (χ3n) is 6.27. The lowest BCUT2D eigenvalue weighted by Gasteiger charge is -2.28. The molecule has 9 nitrogen and oxygen atoms in total. The lowest BCUT2D eigenvalue weighted by Crippen LogP contribution is -2.54. The summed E-state index contributed by atoms with van der Waals surface area (Å²) in [4.78, 5) is 40.1. The van der Waals surface area contributed by atoms with Crippen LogP contribution in [0.4, 0.5) is 0 Å². The molecule has 2 amide bonds.